The highest BCUT2D eigenvalue weighted by Crippen LogP contribution is 2.29. The van der Waals surface area contributed by atoms with Gasteiger partial charge in [-0.2, -0.15) is 0 Å². The lowest BCUT2D eigenvalue weighted by atomic mass is 9.87. The number of ether oxygens (including phenoxy) is 1. The van der Waals surface area contributed by atoms with E-state index in [0.717, 1.165) is 12.0 Å². The molecule has 1 atom stereocenters. The Kier molecular flexibility index (Phi) is 6.73. The zero-order valence-corrected chi connectivity index (χ0v) is 20.5. The molecule has 3 aromatic carbocycles. The molecule has 1 amide bonds. The third kappa shape index (κ3) is 5.48. The summed E-state index contributed by atoms with van der Waals surface area (Å²) in [5, 5.41) is 2.87. The normalized spacial score (nSPS) is 12.5. The topological polar surface area (TPSA) is 64.4 Å². The first-order valence-corrected chi connectivity index (χ1v) is 11.8. The van der Waals surface area contributed by atoms with Gasteiger partial charge in [-0.25, -0.2) is 4.98 Å². The molecule has 4 rings (SSSR count). The van der Waals surface area contributed by atoms with E-state index >= 15 is 0 Å². The number of rotatable bonds is 7. The van der Waals surface area contributed by atoms with Crippen molar-refractivity contribution in [1.82, 2.24) is 4.98 Å². The molecule has 0 fully saturated rings. The highest BCUT2D eigenvalue weighted by molar-refractivity contribution is 5.94. The number of oxazole rings is 1. The SMILES string of the molecule is CC[C@H](C)c1ccc(OCC(=O)Nc2ccc3oc(-c4ccc(C(C)(C)C)cc4)nc3c2)cc1. The van der Waals surface area contributed by atoms with Crippen LogP contribution in [0, 0.1) is 0 Å². The van der Waals surface area contributed by atoms with Gasteiger partial charge in [0.15, 0.2) is 12.2 Å². The van der Waals surface area contributed by atoms with Crippen LogP contribution in [0.4, 0.5) is 5.69 Å². The van der Waals surface area contributed by atoms with Crippen LogP contribution in [-0.4, -0.2) is 17.5 Å². The first kappa shape index (κ1) is 23.6. The minimum atomic E-state index is -0.230. The lowest BCUT2D eigenvalue weighted by molar-refractivity contribution is -0.118. The molecule has 1 heterocycles. The van der Waals surface area contributed by atoms with E-state index in [0.29, 0.717) is 34.3 Å². The molecule has 4 aromatic rings. The van der Waals surface area contributed by atoms with Gasteiger partial charge in [0.05, 0.1) is 0 Å². The van der Waals surface area contributed by atoms with E-state index in [2.05, 4.69) is 57.1 Å². The second-order valence-electron chi connectivity index (χ2n) is 9.74. The Labute approximate surface area is 201 Å². The van der Waals surface area contributed by atoms with Gasteiger partial charge in [-0.05, 0) is 71.3 Å². The van der Waals surface area contributed by atoms with E-state index in [-0.39, 0.29) is 17.9 Å². The van der Waals surface area contributed by atoms with Gasteiger partial charge >= 0.3 is 0 Å². The largest absolute Gasteiger partial charge is 0.484 e. The van der Waals surface area contributed by atoms with Gasteiger partial charge in [-0.15, -0.1) is 0 Å². The van der Waals surface area contributed by atoms with E-state index in [9.17, 15) is 4.79 Å². The van der Waals surface area contributed by atoms with Gasteiger partial charge in [0.25, 0.3) is 5.91 Å². The fourth-order valence-electron chi connectivity index (χ4n) is 3.72. The fourth-order valence-corrected chi connectivity index (χ4v) is 3.72. The molecule has 0 unspecified atom stereocenters. The van der Waals surface area contributed by atoms with Crippen LogP contribution in [0.1, 0.15) is 58.1 Å². The van der Waals surface area contributed by atoms with Gasteiger partial charge < -0.3 is 14.5 Å². The maximum Gasteiger partial charge on any atom is 0.262 e. The maximum atomic E-state index is 12.4. The van der Waals surface area contributed by atoms with Crippen molar-refractivity contribution in [2.24, 2.45) is 0 Å². The first-order valence-electron chi connectivity index (χ1n) is 11.8. The average Bonchev–Trinajstić information content (AvgIpc) is 3.25. The number of fused-ring (bicyclic) bond motifs is 1. The summed E-state index contributed by atoms with van der Waals surface area (Å²) in [5.41, 5.74) is 5.54. The van der Waals surface area contributed by atoms with Crippen LogP contribution >= 0.6 is 0 Å². The molecule has 0 saturated heterocycles. The van der Waals surface area contributed by atoms with Crippen molar-refractivity contribution < 1.29 is 13.9 Å². The molecule has 5 heteroatoms. The van der Waals surface area contributed by atoms with Crippen molar-refractivity contribution in [1.29, 1.82) is 0 Å². The average molecular weight is 457 g/mol. The summed E-state index contributed by atoms with van der Waals surface area (Å²) < 4.78 is 11.6. The van der Waals surface area contributed by atoms with Crippen LogP contribution in [0.15, 0.2) is 71.1 Å². The number of amides is 1. The molecule has 0 saturated carbocycles. The molecule has 0 aliphatic heterocycles. The van der Waals surface area contributed by atoms with Gasteiger partial charge in [0.2, 0.25) is 5.89 Å². The number of benzene rings is 3. The number of aromatic nitrogens is 1. The van der Waals surface area contributed by atoms with E-state index in [4.69, 9.17) is 9.15 Å². The number of carbonyl (C=O) groups is 1. The van der Waals surface area contributed by atoms with Crippen molar-refractivity contribution in [3.63, 3.8) is 0 Å². The van der Waals surface area contributed by atoms with Crippen LogP contribution in [0.25, 0.3) is 22.6 Å². The zero-order valence-electron chi connectivity index (χ0n) is 20.5. The predicted octanol–water partition coefficient (Wildman–Crippen LogP) is 7.32. The number of carbonyl (C=O) groups excluding carboxylic acids is 1. The second-order valence-corrected chi connectivity index (χ2v) is 9.74. The Hall–Kier alpha value is -3.60. The van der Waals surface area contributed by atoms with Crippen molar-refractivity contribution in [2.75, 3.05) is 11.9 Å². The smallest absolute Gasteiger partial charge is 0.262 e. The van der Waals surface area contributed by atoms with Crippen LogP contribution in [-0.2, 0) is 10.2 Å². The van der Waals surface area contributed by atoms with Crippen LogP contribution in [0.5, 0.6) is 5.75 Å². The van der Waals surface area contributed by atoms with Gasteiger partial charge in [0, 0.05) is 11.3 Å². The summed E-state index contributed by atoms with van der Waals surface area (Å²) in [6, 6.07) is 21.6. The molecule has 0 aliphatic rings. The molecule has 34 heavy (non-hydrogen) atoms. The third-order valence-electron chi connectivity index (χ3n) is 6.10. The van der Waals surface area contributed by atoms with E-state index in [1.165, 1.54) is 11.1 Å². The Bertz CT molecular complexity index is 1270. The standard InChI is InChI=1S/C29H32N2O3/c1-6-19(2)20-9-14-24(15-10-20)33-18-27(32)30-23-13-16-26-25(17-23)31-28(34-26)21-7-11-22(12-8-21)29(3,4)5/h7-17,19H,6,18H2,1-5H3,(H,30,32)/t19-/m0/s1. The fraction of sp³-hybridized carbons (Fsp3) is 0.310. The van der Waals surface area contributed by atoms with Crippen LogP contribution < -0.4 is 10.1 Å². The molecule has 1 N–H and O–H groups in total. The second kappa shape index (κ2) is 9.72. The molecular weight excluding hydrogens is 424 g/mol. The number of hydrogen-bond donors (Lipinski definition) is 1. The summed E-state index contributed by atoms with van der Waals surface area (Å²) in [5.74, 6) is 1.51. The predicted molar refractivity (Wildman–Crippen MR) is 137 cm³/mol. The molecular formula is C29H32N2O3. The van der Waals surface area contributed by atoms with Crippen LogP contribution in [0.3, 0.4) is 0 Å². The quantitative estimate of drug-likeness (QED) is 0.316. The van der Waals surface area contributed by atoms with Crippen LogP contribution in [0.2, 0.25) is 0 Å². The van der Waals surface area contributed by atoms with E-state index in [1.54, 1.807) is 6.07 Å². The minimum absolute atomic E-state index is 0.0646. The molecule has 0 radical (unpaired) electrons. The monoisotopic (exact) mass is 456 g/mol. The Morgan fingerprint density at radius 1 is 1.03 bits per heavy atom. The van der Waals surface area contributed by atoms with Crippen molar-refractivity contribution in [3.05, 3.63) is 77.9 Å². The zero-order chi connectivity index (χ0) is 24.3. The Morgan fingerprint density at radius 3 is 2.38 bits per heavy atom. The van der Waals surface area contributed by atoms with E-state index < -0.39 is 0 Å². The summed E-state index contributed by atoms with van der Waals surface area (Å²) in [6.45, 7) is 10.9. The van der Waals surface area contributed by atoms with Gasteiger partial charge in [-0.3, -0.25) is 4.79 Å². The highest BCUT2D eigenvalue weighted by atomic mass is 16.5. The third-order valence-corrected chi connectivity index (χ3v) is 6.10. The van der Waals surface area contributed by atoms with Crippen molar-refractivity contribution in [3.8, 4) is 17.2 Å². The summed E-state index contributed by atoms with van der Waals surface area (Å²) >= 11 is 0. The molecule has 1 aromatic heterocycles. The molecule has 0 aliphatic carbocycles. The number of hydrogen-bond acceptors (Lipinski definition) is 4. The number of nitrogens with zero attached hydrogens (tertiary/aromatic N) is 1. The Balaban J connectivity index is 1.39. The summed E-state index contributed by atoms with van der Waals surface area (Å²) in [7, 11) is 0. The number of anilines is 1. The molecule has 0 bridgehead atoms. The lowest BCUT2D eigenvalue weighted by Gasteiger charge is -2.18. The maximum absolute atomic E-state index is 12.4. The number of nitrogens with one attached hydrogen (secondary N) is 1. The molecule has 0 spiro atoms. The van der Waals surface area contributed by atoms with Gasteiger partial charge in [-0.1, -0.05) is 58.9 Å². The summed E-state index contributed by atoms with van der Waals surface area (Å²) in [4.78, 5) is 17.0. The van der Waals surface area contributed by atoms with Crippen molar-refractivity contribution in [2.45, 2.75) is 52.4 Å². The van der Waals surface area contributed by atoms with Crippen molar-refractivity contribution >= 4 is 22.7 Å². The minimum Gasteiger partial charge on any atom is -0.484 e. The Morgan fingerprint density at radius 2 is 1.74 bits per heavy atom. The highest BCUT2D eigenvalue weighted by Gasteiger charge is 2.15. The van der Waals surface area contributed by atoms with E-state index in [1.807, 2.05) is 48.5 Å². The van der Waals surface area contributed by atoms with Gasteiger partial charge in [0.1, 0.15) is 11.3 Å². The first-order chi connectivity index (χ1) is 16.2. The molecule has 176 valence electrons. The summed E-state index contributed by atoms with van der Waals surface area (Å²) in [6.07, 6.45) is 1.09. The lowest BCUT2D eigenvalue weighted by Crippen LogP contribution is -2.20. The molecule has 5 nitrogen and oxygen atoms in total.